The molecular formula is C43H30. The molecule has 0 atom stereocenters. The van der Waals surface area contributed by atoms with Gasteiger partial charge in [0.2, 0.25) is 0 Å². The quantitative estimate of drug-likeness (QED) is 0.184. The molecule has 0 unspecified atom stereocenters. The lowest BCUT2D eigenvalue weighted by atomic mass is 9.84. The summed E-state index contributed by atoms with van der Waals surface area (Å²) in [5, 5.41) is -3.51. The van der Waals surface area contributed by atoms with Crippen molar-refractivity contribution in [1.82, 2.24) is 0 Å². The Hall–Kier alpha value is -5.46. The van der Waals surface area contributed by atoms with Crippen molar-refractivity contribution in [3.63, 3.8) is 0 Å². The third-order valence-electron chi connectivity index (χ3n) is 6.81. The second-order valence-electron chi connectivity index (χ2n) is 9.25. The number of aryl methyl sites for hydroxylation is 1. The van der Waals surface area contributed by atoms with Gasteiger partial charge in [0.15, 0.2) is 0 Å². The molecule has 0 bridgehead atoms. The molecule has 0 saturated carbocycles. The molecule has 0 aromatic heterocycles. The zero-order valence-corrected chi connectivity index (χ0v) is 22.0. The van der Waals surface area contributed by atoms with Crippen LogP contribution in [0.2, 0.25) is 0 Å². The maximum Gasteiger partial charge on any atom is 0.0630 e. The lowest BCUT2D eigenvalue weighted by Gasteiger charge is -2.19. The lowest BCUT2D eigenvalue weighted by molar-refractivity contribution is 1.53. The summed E-state index contributed by atoms with van der Waals surface area (Å²) in [5.74, 6) is 0. The number of fused-ring (bicyclic) bond motifs is 3. The molecule has 8 aromatic rings. The highest BCUT2D eigenvalue weighted by molar-refractivity contribution is 6.23. The molecule has 0 heterocycles. The van der Waals surface area contributed by atoms with Crippen LogP contribution in [0.15, 0.2) is 163 Å². The highest BCUT2D eigenvalue weighted by atomic mass is 14.2. The van der Waals surface area contributed by atoms with Crippen molar-refractivity contribution in [2.45, 2.75) is 6.92 Å². The van der Waals surface area contributed by atoms with Crippen molar-refractivity contribution >= 4 is 32.3 Å². The van der Waals surface area contributed by atoms with E-state index in [1.54, 1.807) is 0 Å². The van der Waals surface area contributed by atoms with E-state index in [0.29, 0.717) is 0 Å². The van der Waals surface area contributed by atoms with Crippen molar-refractivity contribution in [3.8, 4) is 44.5 Å². The second kappa shape index (κ2) is 10.4. The molecule has 0 aliphatic heterocycles. The van der Waals surface area contributed by atoms with Gasteiger partial charge in [0.25, 0.3) is 0 Å². The number of hydrogen-bond acceptors (Lipinski definition) is 0. The van der Waals surface area contributed by atoms with Crippen molar-refractivity contribution < 1.29 is 37.0 Å². The molecule has 8 aromatic carbocycles. The topological polar surface area (TPSA) is 0 Å². The van der Waals surface area contributed by atoms with Gasteiger partial charge in [-0.2, -0.15) is 0 Å². The molecule has 0 heteroatoms. The summed E-state index contributed by atoms with van der Waals surface area (Å²) in [5.41, 5.74) is -6.04. The van der Waals surface area contributed by atoms with Gasteiger partial charge in [0.05, 0.1) is 37.0 Å². The molecular weight excluding hydrogens is 516 g/mol. The third kappa shape index (κ3) is 4.31. The fourth-order valence-electron chi connectivity index (χ4n) is 4.88. The maximum absolute atomic E-state index is 9.47. The Bertz CT molecular complexity index is 3620. The monoisotopic (exact) mass is 573 g/mol. The highest BCUT2D eigenvalue weighted by Crippen LogP contribution is 2.45. The third-order valence-corrected chi connectivity index (χ3v) is 6.81. The van der Waals surface area contributed by atoms with E-state index in [2.05, 4.69) is 0 Å². The van der Waals surface area contributed by atoms with Crippen LogP contribution < -0.4 is 0 Å². The van der Waals surface area contributed by atoms with Crippen LogP contribution in [0.5, 0.6) is 0 Å². The first kappa shape index (κ1) is 9.79. The van der Waals surface area contributed by atoms with Gasteiger partial charge in [-0.15, -0.1) is 0 Å². The Kier molecular flexibility index (Phi) is 2.37. The minimum Gasteiger partial charge on any atom is -0.0622 e. The van der Waals surface area contributed by atoms with Crippen LogP contribution in [0.25, 0.3) is 76.8 Å². The fourth-order valence-corrected chi connectivity index (χ4v) is 4.88. The predicted octanol–water partition coefficient (Wildman–Crippen LogP) is 12.1. The van der Waals surface area contributed by atoms with Gasteiger partial charge in [-0.25, -0.2) is 0 Å². The Morgan fingerprint density at radius 3 is 1.19 bits per heavy atom. The molecule has 0 amide bonds. The van der Waals surface area contributed by atoms with Gasteiger partial charge in [0, 0.05) is 0 Å². The van der Waals surface area contributed by atoms with E-state index in [1.807, 2.05) is 0 Å². The number of benzene rings is 8. The molecule has 0 N–H and O–H groups in total. The number of rotatable bonds is 4. The normalized spacial score (nSPS) is 20.2. The van der Waals surface area contributed by atoms with Gasteiger partial charge in [-0.3, -0.25) is 0 Å². The first-order valence-corrected chi connectivity index (χ1v) is 12.8. The molecule has 0 saturated heterocycles. The Labute approximate surface area is 290 Å². The molecule has 0 spiro atoms. The molecule has 0 radical (unpaired) electrons. The van der Waals surface area contributed by atoms with E-state index in [9.17, 15) is 12.3 Å². The minimum absolute atomic E-state index is 0.0982. The Morgan fingerprint density at radius 1 is 0.302 bits per heavy atom. The summed E-state index contributed by atoms with van der Waals surface area (Å²) in [4.78, 5) is 0. The summed E-state index contributed by atoms with van der Waals surface area (Å²) in [6.07, 6.45) is 0. The SMILES string of the molecule is [2H]c1c([2H])c([2H])c(-c2c([2H])c([2H])c(-c3c([2H])c([2H])c(-c4c5c([2H])c([2H])c([2H])c([2H])c5c(-c5c([2H])c([2H])c(C)c6c([2H])c([2H])c([2H])c([2H])c56)c5c([2H])c([2H])c([2H])c([2H])c45)c([2H])c3[2H])c([2H])c2[2H])c([2H])c1[2H]. The van der Waals surface area contributed by atoms with Crippen LogP contribution in [0, 0.1) is 6.92 Å². The average molecular weight is 574 g/mol. The van der Waals surface area contributed by atoms with E-state index in [1.165, 1.54) is 6.92 Å². The lowest BCUT2D eigenvalue weighted by Crippen LogP contribution is -1.92. The van der Waals surface area contributed by atoms with Gasteiger partial charge in [-0.1, -0.05) is 163 Å². The van der Waals surface area contributed by atoms with Gasteiger partial charge in [0.1, 0.15) is 0 Å². The predicted molar refractivity (Wildman–Crippen MR) is 185 cm³/mol. The first-order valence-electron chi connectivity index (χ1n) is 26.2. The molecule has 43 heavy (non-hydrogen) atoms. The smallest absolute Gasteiger partial charge is 0.0622 e. The first-order chi connectivity index (χ1) is 32.5. The van der Waals surface area contributed by atoms with E-state index in [0.717, 1.165) is 0 Å². The molecule has 0 fully saturated rings. The van der Waals surface area contributed by atoms with Crippen molar-refractivity contribution in [2.75, 3.05) is 0 Å². The van der Waals surface area contributed by atoms with Crippen LogP contribution in [0.1, 0.15) is 42.6 Å². The molecule has 0 aliphatic rings. The molecule has 0 nitrogen and oxygen atoms in total. The Balaban J connectivity index is 1.62. The van der Waals surface area contributed by atoms with Gasteiger partial charge in [-0.05, 0) is 89.3 Å². The molecule has 0 aliphatic carbocycles. The summed E-state index contributed by atoms with van der Waals surface area (Å²) < 4.78 is 240. The highest BCUT2D eigenvalue weighted by Gasteiger charge is 2.18. The zero-order valence-electron chi connectivity index (χ0n) is 49.0. The van der Waals surface area contributed by atoms with Gasteiger partial charge >= 0.3 is 0 Å². The molecule has 8 rings (SSSR count). The van der Waals surface area contributed by atoms with Crippen LogP contribution in [0.3, 0.4) is 0 Å². The second-order valence-corrected chi connectivity index (χ2v) is 9.25. The standard InChI is InChI=1S/C43H30/c1-29-19-28-41(36-14-6-5-13-35(29)36)43-39-17-9-7-15-37(39)42(38-16-8-10-18-40(38)43)34-26-24-33(25-27-34)32-22-20-31(21-23-32)30-11-3-2-4-12-30/h2-28H,1H3/i2D,3D,4D,5D,6D,7D,8D,9D,10D,11D,12D,13D,14D,15D,16D,17D,18D,19D,20D,21D,22D,23D,24D,25D,26D,27D,28D. The zero-order chi connectivity index (χ0) is 52.2. The van der Waals surface area contributed by atoms with Crippen LogP contribution in [0.4, 0.5) is 0 Å². The summed E-state index contributed by atoms with van der Waals surface area (Å²) in [6.45, 7) is 1.31. The van der Waals surface area contributed by atoms with Crippen LogP contribution in [-0.4, -0.2) is 0 Å². The van der Waals surface area contributed by atoms with Crippen molar-refractivity contribution in [2.24, 2.45) is 0 Å². The van der Waals surface area contributed by atoms with E-state index in [-0.39, 0.29) is 10.9 Å². The van der Waals surface area contributed by atoms with E-state index >= 15 is 0 Å². The van der Waals surface area contributed by atoms with E-state index in [4.69, 9.17) is 24.7 Å². The van der Waals surface area contributed by atoms with Crippen LogP contribution >= 0.6 is 0 Å². The minimum atomic E-state index is -1.10. The number of hydrogen-bond donors (Lipinski definition) is 0. The summed E-state index contributed by atoms with van der Waals surface area (Å²) in [6, 6.07) is -24.7. The largest absolute Gasteiger partial charge is 0.0630 e. The molecule has 202 valence electrons. The summed E-state index contributed by atoms with van der Waals surface area (Å²) >= 11 is 0. The Morgan fingerprint density at radius 2 is 0.674 bits per heavy atom. The summed E-state index contributed by atoms with van der Waals surface area (Å²) in [7, 11) is 0. The maximum atomic E-state index is 9.47. The van der Waals surface area contributed by atoms with E-state index < -0.39 is 235 Å². The van der Waals surface area contributed by atoms with Crippen LogP contribution in [-0.2, 0) is 0 Å². The van der Waals surface area contributed by atoms with Crippen molar-refractivity contribution in [1.29, 1.82) is 0 Å². The van der Waals surface area contributed by atoms with Crippen molar-refractivity contribution in [3.05, 3.63) is 169 Å². The van der Waals surface area contributed by atoms with Gasteiger partial charge < -0.3 is 0 Å². The fraction of sp³-hybridized carbons (Fsp3) is 0.0233. The average Bonchev–Trinajstić information content (AvgIpc) is 3.33.